The van der Waals surface area contributed by atoms with Crippen LogP contribution in [0, 0.1) is 0 Å². The van der Waals surface area contributed by atoms with Gasteiger partial charge in [0.2, 0.25) is 0 Å². The number of Topliss-reactive ketones (excluding diaryl/α,β-unsaturated/α-hetero) is 1. The van der Waals surface area contributed by atoms with E-state index in [0.717, 1.165) is 0 Å². The molecule has 0 saturated heterocycles. The van der Waals surface area contributed by atoms with Crippen LogP contribution in [0.5, 0.6) is 0 Å². The molecule has 0 saturated carbocycles. The molecule has 0 radical (unpaired) electrons. The van der Waals surface area contributed by atoms with E-state index >= 15 is 0 Å². The Morgan fingerprint density at radius 2 is 1.85 bits per heavy atom. The van der Waals surface area contributed by atoms with Crippen LogP contribution in [0.25, 0.3) is 0 Å². The van der Waals surface area contributed by atoms with Crippen molar-refractivity contribution >= 4 is 5.78 Å². The molecule has 0 aromatic heterocycles. The molecule has 0 aliphatic rings. The van der Waals surface area contributed by atoms with Gasteiger partial charge < -0.3 is 15.3 Å². The molecule has 0 aliphatic carbocycles. The fourth-order valence-electron chi connectivity index (χ4n) is 1.21. The fraction of sp³-hybridized carbons (Fsp3) is 0.875. The van der Waals surface area contributed by atoms with Gasteiger partial charge in [-0.15, -0.1) is 0 Å². The highest BCUT2D eigenvalue weighted by Crippen LogP contribution is 2.04. The van der Waals surface area contributed by atoms with Crippen LogP contribution in [0.1, 0.15) is 6.92 Å². The number of aliphatic hydroxyl groups is 3. The van der Waals surface area contributed by atoms with Crippen molar-refractivity contribution in [2.45, 2.75) is 25.2 Å². The van der Waals surface area contributed by atoms with Crippen LogP contribution >= 0.6 is 0 Å². The van der Waals surface area contributed by atoms with Crippen LogP contribution in [0.3, 0.4) is 0 Å². The number of nitrogens with zero attached hydrogens (tertiary/aromatic N) is 1. The number of carbonyl (C=O) groups is 1. The van der Waals surface area contributed by atoms with Gasteiger partial charge in [0.15, 0.2) is 5.78 Å². The van der Waals surface area contributed by atoms with E-state index in [1.165, 1.54) is 11.8 Å². The molecule has 0 rings (SSSR count). The second kappa shape index (κ2) is 5.29. The number of likely N-dealkylation sites (N-methyl/N-ethyl adjacent to an activating group) is 1. The lowest BCUT2D eigenvalue weighted by molar-refractivity contribution is -0.137. The molecular formula is C8H17NO4. The normalized spacial score (nSPS) is 18.4. The molecule has 5 heteroatoms. The Hall–Kier alpha value is -0.490. The van der Waals surface area contributed by atoms with Crippen molar-refractivity contribution in [3.05, 3.63) is 0 Å². The molecule has 0 spiro atoms. The summed E-state index contributed by atoms with van der Waals surface area (Å²) in [6, 6.07) is -0.776. The van der Waals surface area contributed by atoms with Gasteiger partial charge in [-0.2, -0.15) is 0 Å². The highest BCUT2D eigenvalue weighted by Gasteiger charge is 2.30. The molecular weight excluding hydrogens is 174 g/mol. The first-order valence-electron chi connectivity index (χ1n) is 4.09. The van der Waals surface area contributed by atoms with Crippen molar-refractivity contribution in [1.29, 1.82) is 0 Å². The number of hydrogen-bond donors (Lipinski definition) is 3. The van der Waals surface area contributed by atoms with E-state index < -0.39 is 30.6 Å². The Morgan fingerprint density at radius 1 is 1.38 bits per heavy atom. The molecule has 0 aliphatic heterocycles. The number of aliphatic hydroxyl groups excluding tert-OH is 3. The van der Waals surface area contributed by atoms with Gasteiger partial charge in [-0.3, -0.25) is 9.69 Å². The van der Waals surface area contributed by atoms with Crippen LogP contribution in [-0.2, 0) is 4.79 Å². The van der Waals surface area contributed by atoms with E-state index in [0.29, 0.717) is 0 Å². The third-order valence-electron chi connectivity index (χ3n) is 1.81. The predicted octanol–water partition coefficient (Wildman–Crippen LogP) is -1.78. The molecule has 13 heavy (non-hydrogen) atoms. The highest BCUT2D eigenvalue weighted by atomic mass is 16.3. The maximum atomic E-state index is 11.3. The SMILES string of the molecule is C[C@@H](O)[C@H](C(=O)[C@@H](O)CO)N(C)C. The molecule has 78 valence electrons. The average Bonchev–Trinajstić information content (AvgIpc) is 2.01. The third kappa shape index (κ3) is 3.40. The van der Waals surface area contributed by atoms with E-state index in [4.69, 9.17) is 10.2 Å². The summed E-state index contributed by atoms with van der Waals surface area (Å²) in [5.74, 6) is -0.567. The van der Waals surface area contributed by atoms with Crippen molar-refractivity contribution in [3.63, 3.8) is 0 Å². The van der Waals surface area contributed by atoms with E-state index in [1.807, 2.05) is 0 Å². The van der Waals surface area contributed by atoms with E-state index in [1.54, 1.807) is 14.1 Å². The van der Waals surface area contributed by atoms with E-state index in [9.17, 15) is 9.90 Å². The summed E-state index contributed by atoms with van der Waals surface area (Å²) in [7, 11) is 3.25. The summed E-state index contributed by atoms with van der Waals surface area (Å²) >= 11 is 0. The summed E-state index contributed by atoms with van der Waals surface area (Å²) in [6.45, 7) is 0.850. The fourth-order valence-corrected chi connectivity index (χ4v) is 1.21. The smallest absolute Gasteiger partial charge is 0.183 e. The lowest BCUT2D eigenvalue weighted by Gasteiger charge is -2.26. The van der Waals surface area contributed by atoms with Gasteiger partial charge >= 0.3 is 0 Å². The first kappa shape index (κ1) is 12.5. The van der Waals surface area contributed by atoms with Crippen molar-refractivity contribution in [1.82, 2.24) is 4.90 Å². The monoisotopic (exact) mass is 191 g/mol. The van der Waals surface area contributed by atoms with Crippen molar-refractivity contribution in [3.8, 4) is 0 Å². The predicted molar refractivity (Wildman–Crippen MR) is 47.3 cm³/mol. The zero-order valence-electron chi connectivity index (χ0n) is 8.14. The van der Waals surface area contributed by atoms with Gasteiger partial charge in [0.1, 0.15) is 6.10 Å². The maximum Gasteiger partial charge on any atom is 0.183 e. The van der Waals surface area contributed by atoms with Crippen LogP contribution in [0.2, 0.25) is 0 Å². The van der Waals surface area contributed by atoms with Gasteiger partial charge in [0.25, 0.3) is 0 Å². The summed E-state index contributed by atoms with van der Waals surface area (Å²) in [6.07, 6.45) is -2.29. The Kier molecular flexibility index (Phi) is 5.09. The molecule has 3 N–H and O–H groups in total. The summed E-state index contributed by atoms with van der Waals surface area (Å²) < 4.78 is 0. The molecule has 0 amide bonds. The maximum absolute atomic E-state index is 11.3. The Bertz CT molecular complexity index is 162. The molecule has 0 aromatic carbocycles. The minimum atomic E-state index is -1.41. The molecule has 0 bridgehead atoms. The zero-order valence-corrected chi connectivity index (χ0v) is 8.14. The van der Waals surface area contributed by atoms with Crippen molar-refractivity contribution in [2.75, 3.05) is 20.7 Å². The topological polar surface area (TPSA) is 81.0 Å². The first-order chi connectivity index (χ1) is 5.91. The Morgan fingerprint density at radius 3 is 2.08 bits per heavy atom. The van der Waals surface area contributed by atoms with E-state index in [-0.39, 0.29) is 0 Å². The summed E-state index contributed by atoms with van der Waals surface area (Å²) in [4.78, 5) is 12.9. The number of hydrogen-bond acceptors (Lipinski definition) is 5. The van der Waals surface area contributed by atoms with Crippen molar-refractivity contribution < 1.29 is 20.1 Å². The second-order valence-corrected chi connectivity index (χ2v) is 3.25. The third-order valence-corrected chi connectivity index (χ3v) is 1.81. The minimum Gasteiger partial charge on any atom is -0.393 e. The van der Waals surface area contributed by atoms with Gasteiger partial charge in [0.05, 0.1) is 18.8 Å². The molecule has 0 fully saturated rings. The highest BCUT2D eigenvalue weighted by molar-refractivity contribution is 5.88. The quantitative estimate of drug-likeness (QED) is 0.478. The second-order valence-electron chi connectivity index (χ2n) is 3.25. The van der Waals surface area contributed by atoms with Crippen LogP contribution in [0.4, 0.5) is 0 Å². The van der Waals surface area contributed by atoms with Crippen LogP contribution in [0.15, 0.2) is 0 Å². The van der Waals surface area contributed by atoms with Crippen molar-refractivity contribution in [2.24, 2.45) is 0 Å². The number of rotatable bonds is 5. The first-order valence-corrected chi connectivity index (χ1v) is 4.09. The Balaban J connectivity index is 4.46. The van der Waals surface area contributed by atoms with Gasteiger partial charge in [-0.25, -0.2) is 0 Å². The zero-order chi connectivity index (χ0) is 10.6. The molecule has 0 aromatic rings. The minimum absolute atomic E-state index is 0.567. The van der Waals surface area contributed by atoms with Gasteiger partial charge in [-0.05, 0) is 21.0 Å². The van der Waals surface area contributed by atoms with Crippen LogP contribution in [-0.4, -0.2) is 65.0 Å². The van der Waals surface area contributed by atoms with Gasteiger partial charge in [0, 0.05) is 0 Å². The lowest BCUT2D eigenvalue weighted by atomic mass is 10.0. The molecule has 0 unspecified atom stereocenters. The molecule has 0 heterocycles. The largest absolute Gasteiger partial charge is 0.393 e. The Labute approximate surface area is 77.6 Å². The summed E-state index contributed by atoms with van der Waals surface area (Å²) in [5, 5.41) is 26.8. The van der Waals surface area contributed by atoms with Crippen LogP contribution < -0.4 is 0 Å². The number of ketones is 1. The van der Waals surface area contributed by atoms with Gasteiger partial charge in [-0.1, -0.05) is 0 Å². The summed E-state index contributed by atoms with van der Waals surface area (Å²) in [5.41, 5.74) is 0. The standard InChI is InChI=1S/C8H17NO4/c1-5(11)7(9(2)3)8(13)6(12)4-10/h5-7,10-12H,4H2,1-3H3/t5-,6+,7-/m1/s1. The molecule has 5 nitrogen and oxygen atoms in total. The lowest BCUT2D eigenvalue weighted by Crippen LogP contribution is -2.49. The number of carbonyl (C=O) groups excluding carboxylic acids is 1. The molecule has 3 atom stereocenters. The van der Waals surface area contributed by atoms with E-state index in [2.05, 4.69) is 0 Å². The average molecular weight is 191 g/mol.